The van der Waals surface area contributed by atoms with Gasteiger partial charge >= 0.3 is 0 Å². The minimum absolute atomic E-state index is 0.0792. The van der Waals surface area contributed by atoms with Crippen LogP contribution in [0.1, 0.15) is 55.3 Å². The number of hydrogen-bond donors (Lipinski definition) is 1. The summed E-state index contributed by atoms with van der Waals surface area (Å²) in [6.07, 6.45) is 4.97. The second-order valence-corrected chi connectivity index (χ2v) is 12.2. The first-order chi connectivity index (χ1) is 17.8. The molecule has 37 heavy (non-hydrogen) atoms. The highest BCUT2D eigenvalue weighted by Crippen LogP contribution is 2.28. The second-order valence-electron chi connectivity index (χ2n) is 10.1. The van der Waals surface area contributed by atoms with Gasteiger partial charge in [0.25, 0.3) is 0 Å². The van der Waals surface area contributed by atoms with Crippen molar-refractivity contribution in [1.29, 1.82) is 0 Å². The lowest BCUT2D eigenvalue weighted by molar-refractivity contribution is -0.133. The summed E-state index contributed by atoms with van der Waals surface area (Å²) in [6.45, 7) is 2.31. The summed E-state index contributed by atoms with van der Waals surface area (Å²) in [5.74, 6) is 1.46. The fourth-order valence-corrected chi connectivity index (χ4v) is 6.42. The number of nitrogens with zero attached hydrogens (tertiary/aromatic N) is 4. The van der Waals surface area contributed by atoms with Crippen molar-refractivity contribution in [2.45, 2.75) is 55.8 Å². The van der Waals surface area contributed by atoms with Gasteiger partial charge in [0.1, 0.15) is 0 Å². The Balaban J connectivity index is 1.18. The molecule has 2 fully saturated rings. The number of nitrogens with one attached hydrogen (secondary N) is 1. The Labute approximate surface area is 216 Å². The number of sulfonamides is 1. The number of rotatable bonds is 7. The highest BCUT2D eigenvalue weighted by molar-refractivity contribution is 7.89. The van der Waals surface area contributed by atoms with Gasteiger partial charge in [0.15, 0.2) is 5.82 Å². The Kier molecular flexibility index (Phi) is 7.59. The van der Waals surface area contributed by atoms with E-state index in [4.69, 9.17) is 9.26 Å². The van der Waals surface area contributed by atoms with Gasteiger partial charge in [0.2, 0.25) is 27.7 Å². The van der Waals surface area contributed by atoms with E-state index in [1.165, 1.54) is 13.1 Å². The molecule has 1 atom stereocenters. The van der Waals surface area contributed by atoms with Crippen molar-refractivity contribution < 1.29 is 27.3 Å². The summed E-state index contributed by atoms with van der Waals surface area (Å²) in [7, 11) is -2.44. The first-order valence-electron chi connectivity index (χ1n) is 12.9. The maximum absolute atomic E-state index is 13.2. The largest absolute Gasteiger partial charge is 0.381 e. The van der Waals surface area contributed by atoms with Gasteiger partial charge in [-0.1, -0.05) is 5.16 Å². The number of likely N-dealkylation sites (tertiary alicyclic amines) is 1. The first kappa shape index (κ1) is 25.8. The molecule has 3 aliphatic heterocycles. The maximum atomic E-state index is 13.2. The third-order valence-corrected chi connectivity index (χ3v) is 9.24. The Morgan fingerprint density at radius 1 is 1.22 bits per heavy atom. The minimum Gasteiger partial charge on any atom is -0.381 e. The average molecular weight is 532 g/mol. The Morgan fingerprint density at radius 3 is 2.84 bits per heavy atom. The van der Waals surface area contributed by atoms with Gasteiger partial charge in [-0.05, 0) is 61.8 Å². The third-order valence-electron chi connectivity index (χ3n) is 7.44. The number of likely N-dealkylation sites (N-methyl/N-ethyl adjacent to an activating group) is 1. The fraction of sp³-hybridized carbons (Fsp3) is 0.600. The number of hydrogen-bond acceptors (Lipinski definition) is 8. The Bertz CT molecular complexity index is 1260. The van der Waals surface area contributed by atoms with Crippen LogP contribution < -0.4 is 5.32 Å². The number of fused-ring (bicyclic) bond motifs is 1. The van der Waals surface area contributed by atoms with E-state index in [-0.39, 0.29) is 35.1 Å². The summed E-state index contributed by atoms with van der Waals surface area (Å²) in [6, 6.07) is 4.66. The first-order valence-corrected chi connectivity index (χ1v) is 14.3. The van der Waals surface area contributed by atoms with E-state index >= 15 is 0 Å². The maximum Gasteiger partial charge on any atom is 0.243 e. The van der Waals surface area contributed by atoms with Gasteiger partial charge in [-0.25, -0.2) is 8.42 Å². The zero-order valence-corrected chi connectivity index (χ0v) is 21.8. The summed E-state index contributed by atoms with van der Waals surface area (Å²) < 4.78 is 38.3. The highest BCUT2D eigenvalue weighted by Gasteiger charge is 2.30. The Hall–Kier alpha value is -2.83. The molecule has 0 aliphatic carbocycles. The van der Waals surface area contributed by atoms with Crippen LogP contribution in [0.25, 0.3) is 0 Å². The van der Waals surface area contributed by atoms with Crippen LogP contribution >= 0.6 is 0 Å². The van der Waals surface area contributed by atoms with Crippen molar-refractivity contribution in [3.8, 4) is 0 Å². The lowest BCUT2D eigenvalue weighted by Crippen LogP contribution is -2.45. The fourth-order valence-electron chi connectivity index (χ4n) is 5.25. The molecule has 1 unspecified atom stereocenters. The lowest BCUT2D eigenvalue weighted by Gasteiger charge is -2.33. The molecule has 12 heteroatoms. The quantitative estimate of drug-likeness (QED) is 0.573. The zero-order valence-electron chi connectivity index (χ0n) is 21.0. The number of carbonyl (C=O) groups excluding carboxylic acids is 2. The standard InChI is InChI=1S/C25H33N5O6S/c1-29(37(33,34)20-5-6-21-19(14-20)4-7-22(31)26-21)16-24(32)30-10-2-3-17(15-30)13-23-27-25(28-36-23)18-8-11-35-12-9-18/h5-6,14,17-18H,2-4,7-13,15-16H2,1H3,(H,26,31). The second kappa shape index (κ2) is 10.9. The molecule has 2 amide bonds. The van der Waals surface area contributed by atoms with Crippen molar-refractivity contribution in [2.24, 2.45) is 5.92 Å². The van der Waals surface area contributed by atoms with Gasteiger partial charge in [-0.15, -0.1) is 0 Å². The topological polar surface area (TPSA) is 135 Å². The van der Waals surface area contributed by atoms with Crippen molar-refractivity contribution in [3.05, 3.63) is 35.5 Å². The highest BCUT2D eigenvalue weighted by atomic mass is 32.2. The molecule has 1 aromatic carbocycles. The number of benzene rings is 1. The molecule has 5 rings (SSSR count). The lowest BCUT2D eigenvalue weighted by atomic mass is 9.94. The van der Waals surface area contributed by atoms with E-state index < -0.39 is 10.0 Å². The molecule has 2 saturated heterocycles. The molecule has 200 valence electrons. The Morgan fingerprint density at radius 2 is 2.03 bits per heavy atom. The number of piperidine rings is 1. The van der Waals surface area contributed by atoms with E-state index in [9.17, 15) is 18.0 Å². The predicted molar refractivity (Wildman–Crippen MR) is 133 cm³/mol. The number of carbonyl (C=O) groups is 2. The molecular formula is C25H33N5O6S. The molecule has 1 N–H and O–H groups in total. The van der Waals surface area contributed by atoms with Gasteiger partial charge in [0.05, 0.1) is 11.4 Å². The van der Waals surface area contributed by atoms with E-state index in [0.717, 1.165) is 41.4 Å². The molecule has 11 nitrogen and oxygen atoms in total. The van der Waals surface area contributed by atoms with Gasteiger partial charge in [-0.2, -0.15) is 9.29 Å². The van der Waals surface area contributed by atoms with Gasteiger partial charge in [-0.3, -0.25) is 9.59 Å². The molecule has 1 aromatic heterocycles. The summed E-state index contributed by atoms with van der Waals surface area (Å²) >= 11 is 0. The number of ether oxygens (including phenoxy) is 1. The van der Waals surface area contributed by atoms with Crippen LogP contribution in [0.2, 0.25) is 0 Å². The zero-order chi connectivity index (χ0) is 26.0. The average Bonchev–Trinajstić information content (AvgIpc) is 3.37. The summed E-state index contributed by atoms with van der Waals surface area (Å²) in [5.41, 5.74) is 1.41. The van der Waals surface area contributed by atoms with Crippen molar-refractivity contribution >= 4 is 27.5 Å². The number of aryl methyl sites for hydroxylation is 1. The molecule has 0 bridgehead atoms. The van der Waals surface area contributed by atoms with Crippen LogP contribution in [0.3, 0.4) is 0 Å². The minimum atomic E-state index is -3.86. The molecule has 3 aliphatic rings. The SMILES string of the molecule is CN(CC(=O)N1CCCC(Cc2nc(C3CCOCC3)no2)C1)S(=O)(=O)c1ccc2c(c1)CCC(=O)N2. The van der Waals surface area contributed by atoms with E-state index in [2.05, 4.69) is 15.5 Å². The van der Waals surface area contributed by atoms with Crippen LogP contribution in [-0.2, 0) is 37.2 Å². The number of anilines is 1. The normalized spacial score (nSPS) is 21.1. The molecule has 4 heterocycles. The monoisotopic (exact) mass is 531 g/mol. The summed E-state index contributed by atoms with van der Waals surface area (Å²) in [4.78, 5) is 31.1. The number of amides is 2. The smallest absolute Gasteiger partial charge is 0.243 e. The molecule has 0 spiro atoms. The van der Waals surface area contributed by atoms with Crippen LogP contribution in [0, 0.1) is 5.92 Å². The van der Waals surface area contributed by atoms with E-state index in [0.29, 0.717) is 57.1 Å². The van der Waals surface area contributed by atoms with Crippen molar-refractivity contribution in [1.82, 2.24) is 19.3 Å². The molecule has 2 aromatic rings. The third kappa shape index (κ3) is 5.86. The van der Waals surface area contributed by atoms with Crippen molar-refractivity contribution in [3.63, 3.8) is 0 Å². The van der Waals surface area contributed by atoms with Gasteiger partial charge in [0, 0.05) is 57.8 Å². The van der Waals surface area contributed by atoms with Gasteiger partial charge < -0.3 is 19.5 Å². The van der Waals surface area contributed by atoms with Crippen LogP contribution in [-0.4, -0.2) is 79.5 Å². The molecular weight excluding hydrogens is 498 g/mol. The van der Waals surface area contributed by atoms with Crippen LogP contribution in [0.15, 0.2) is 27.6 Å². The molecule has 0 radical (unpaired) electrons. The van der Waals surface area contributed by atoms with E-state index in [1.807, 2.05) is 0 Å². The van der Waals surface area contributed by atoms with E-state index in [1.54, 1.807) is 17.0 Å². The molecule has 0 saturated carbocycles. The van der Waals surface area contributed by atoms with Crippen LogP contribution in [0.4, 0.5) is 5.69 Å². The van der Waals surface area contributed by atoms with Crippen LogP contribution in [0.5, 0.6) is 0 Å². The van der Waals surface area contributed by atoms with Crippen molar-refractivity contribution in [2.75, 3.05) is 45.2 Å². The number of aromatic nitrogens is 2. The predicted octanol–water partition coefficient (Wildman–Crippen LogP) is 1.95. The summed E-state index contributed by atoms with van der Waals surface area (Å²) in [5, 5.41) is 6.92.